The van der Waals surface area contributed by atoms with E-state index < -0.39 is 42.3 Å². The van der Waals surface area contributed by atoms with Gasteiger partial charge in [0, 0.05) is 0 Å². The van der Waals surface area contributed by atoms with E-state index in [9.17, 15) is 14.4 Å². The first kappa shape index (κ1) is 20.5. The minimum Gasteiger partial charge on any atom is -0.481 e. The highest BCUT2D eigenvalue weighted by atomic mass is 16.4. The molecule has 8 N–H and O–H groups in total. The smallest absolute Gasteiger partial charge is 0.335 e. The van der Waals surface area contributed by atoms with Gasteiger partial charge in [-0.1, -0.05) is 0 Å². The molecule has 4 atom stereocenters. The van der Waals surface area contributed by atoms with E-state index in [1.807, 2.05) is 0 Å². The Labute approximate surface area is 112 Å². The van der Waals surface area contributed by atoms with Gasteiger partial charge >= 0.3 is 17.9 Å². The molecule has 11 nitrogen and oxygen atoms in total. The molecule has 0 spiro atoms. The van der Waals surface area contributed by atoms with Crippen molar-refractivity contribution in [3.63, 3.8) is 0 Å². The van der Waals surface area contributed by atoms with E-state index in [1.54, 1.807) is 0 Å². The first-order valence-corrected chi connectivity index (χ1v) is 5.06. The van der Waals surface area contributed by atoms with Gasteiger partial charge in [0.05, 0.1) is 13.0 Å². The van der Waals surface area contributed by atoms with Gasteiger partial charge in [0.15, 0.2) is 12.2 Å². The van der Waals surface area contributed by atoms with Crippen LogP contribution in [0, 0.1) is 0 Å². The maximum absolute atomic E-state index is 10.1. The van der Waals surface area contributed by atoms with Crippen molar-refractivity contribution in [3.8, 4) is 0 Å². The van der Waals surface area contributed by atoms with Gasteiger partial charge in [-0.15, -0.1) is 0 Å². The fourth-order valence-corrected chi connectivity index (χ4v) is 0.761. The summed E-state index contributed by atoms with van der Waals surface area (Å²) in [5.74, 6) is -4.64. The van der Waals surface area contributed by atoms with Crippen LogP contribution in [0.1, 0.15) is 6.42 Å². The summed E-state index contributed by atoms with van der Waals surface area (Å²) in [5, 5.41) is 67.1. The topological polar surface area (TPSA) is 213 Å². The number of hydrogen-bond acceptors (Lipinski definition) is 8. The molecule has 0 amide bonds. The summed E-state index contributed by atoms with van der Waals surface area (Å²) in [6, 6.07) is 0. The van der Waals surface area contributed by atoms with Gasteiger partial charge in [-0.05, 0) is 0 Å². The van der Waals surface area contributed by atoms with E-state index in [2.05, 4.69) is 0 Å². The molecule has 0 fully saturated rings. The van der Waals surface area contributed by atoms with Gasteiger partial charge in [-0.2, -0.15) is 0 Å². The van der Waals surface area contributed by atoms with Gasteiger partial charge < -0.3 is 40.9 Å². The van der Waals surface area contributed by atoms with E-state index in [-0.39, 0.29) is 13.0 Å². The Morgan fingerprint density at radius 2 is 1.05 bits per heavy atom. The number of aliphatic hydroxyl groups is 5. The summed E-state index contributed by atoms with van der Waals surface area (Å²) in [7, 11) is 0. The predicted molar refractivity (Wildman–Crippen MR) is 58.6 cm³/mol. The number of rotatable bonds is 7. The van der Waals surface area contributed by atoms with Gasteiger partial charge in [0.2, 0.25) is 0 Å². The quantitative estimate of drug-likeness (QED) is 0.227. The first-order valence-electron chi connectivity index (χ1n) is 5.06. The van der Waals surface area contributed by atoms with Crippen LogP contribution in [0.5, 0.6) is 0 Å². The van der Waals surface area contributed by atoms with Crippen LogP contribution in [0.4, 0.5) is 0 Å². The number of aliphatic carboxylic acids is 3. The van der Waals surface area contributed by atoms with Crippen molar-refractivity contribution < 1.29 is 55.2 Å². The highest BCUT2D eigenvalue weighted by Gasteiger charge is 2.37. The molecule has 0 aliphatic carbocycles. The molecule has 0 rings (SSSR count). The summed E-state index contributed by atoms with van der Waals surface area (Å²) >= 11 is 0. The molecule has 0 aliphatic rings. The maximum atomic E-state index is 10.1. The fraction of sp³-hybridized carbons (Fsp3) is 0.667. The molecule has 0 aliphatic heterocycles. The van der Waals surface area contributed by atoms with Crippen LogP contribution in [0.25, 0.3) is 0 Å². The Morgan fingerprint density at radius 1 is 0.750 bits per heavy atom. The molecule has 20 heavy (non-hydrogen) atoms. The van der Waals surface area contributed by atoms with Crippen LogP contribution in [0.2, 0.25) is 0 Å². The van der Waals surface area contributed by atoms with Crippen LogP contribution < -0.4 is 0 Å². The SMILES string of the molecule is O=C(O)C(O)C(O)C(O)C(O)C(=O)O.O=C(O)CCO. The van der Waals surface area contributed by atoms with Crippen molar-refractivity contribution >= 4 is 17.9 Å². The summed E-state index contributed by atoms with van der Waals surface area (Å²) in [4.78, 5) is 29.6. The highest BCUT2D eigenvalue weighted by molar-refractivity contribution is 5.75. The second-order valence-corrected chi connectivity index (χ2v) is 3.41. The zero-order chi connectivity index (χ0) is 16.5. The summed E-state index contributed by atoms with van der Waals surface area (Å²) in [6.07, 6.45) is -9.44. The number of hydrogen-bond donors (Lipinski definition) is 8. The van der Waals surface area contributed by atoms with Crippen molar-refractivity contribution in [1.82, 2.24) is 0 Å². The minimum atomic E-state index is -2.36. The predicted octanol–water partition coefficient (Wildman–Crippen LogP) is -3.95. The lowest BCUT2D eigenvalue weighted by Crippen LogP contribution is -2.49. The van der Waals surface area contributed by atoms with E-state index >= 15 is 0 Å². The van der Waals surface area contributed by atoms with E-state index in [4.69, 9.17) is 40.9 Å². The Balaban J connectivity index is 0. The van der Waals surface area contributed by atoms with Crippen LogP contribution in [0.3, 0.4) is 0 Å². The van der Waals surface area contributed by atoms with Crippen molar-refractivity contribution in [2.75, 3.05) is 6.61 Å². The largest absolute Gasteiger partial charge is 0.481 e. The molecular formula is C9H16O11. The number of aliphatic hydroxyl groups excluding tert-OH is 5. The highest BCUT2D eigenvalue weighted by Crippen LogP contribution is 2.05. The lowest BCUT2D eigenvalue weighted by Gasteiger charge is -2.21. The van der Waals surface area contributed by atoms with Crippen molar-refractivity contribution in [3.05, 3.63) is 0 Å². The number of carboxylic acids is 3. The van der Waals surface area contributed by atoms with E-state index in [0.717, 1.165) is 0 Å². The van der Waals surface area contributed by atoms with E-state index in [1.165, 1.54) is 0 Å². The molecule has 118 valence electrons. The van der Waals surface area contributed by atoms with Crippen LogP contribution in [-0.4, -0.2) is 89.8 Å². The number of carboxylic acid groups (broad SMARTS) is 3. The normalized spacial score (nSPS) is 16.1. The average Bonchev–Trinajstić information content (AvgIpc) is 2.35. The monoisotopic (exact) mass is 300 g/mol. The van der Waals surface area contributed by atoms with Crippen LogP contribution in [-0.2, 0) is 14.4 Å². The molecule has 11 heteroatoms. The summed E-state index contributed by atoms with van der Waals surface area (Å²) in [6.45, 7) is -0.269. The molecule has 0 saturated heterocycles. The van der Waals surface area contributed by atoms with Crippen molar-refractivity contribution in [2.24, 2.45) is 0 Å². The van der Waals surface area contributed by atoms with Gasteiger partial charge in [-0.3, -0.25) is 4.79 Å². The van der Waals surface area contributed by atoms with Gasteiger partial charge in [0.25, 0.3) is 0 Å². The van der Waals surface area contributed by atoms with Gasteiger partial charge in [0.1, 0.15) is 12.2 Å². The molecule has 4 unspecified atom stereocenters. The Morgan fingerprint density at radius 3 is 1.15 bits per heavy atom. The Hall–Kier alpha value is -1.79. The van der Waals surface area contributed by atoms with E-state index in [0.29, 0.717) is 0 Å². The van der Waals surface area contributed by atoms with Gasteiger partial charge in [-0.25, -0.2) is 9.59 Å². The third-order valence-corrected chi connectivity index (χ3v) is 1.83. The second-order valence-electron chi connectivity index (χ2n) is 3.41. The second kappa shape index (κ2) is 10.1. The standard InChI is InChI=1S/C6H10O8.C3H6O3/c7-1(3(9)5(11)12)2(8)4(10)6(13)14;4-2-1-3(5)6/h1-4,7-10H,(H,11,12)(H,13,14);4H,1-2H2,(H,5,6). The molecular weight excluding hydrogens is 284 g/mol. The average molecular weight is 300 g/mol. The maximum Gasteiger partial charge on any atom is 0.335 e. The Bertz CT molecular complexity index is 304. The number of carbonyl (C=O) groups is 3. The van der Waals surface area contributed by atoms with Crippen molar-refractivity contribution in [2.45, 2.75) is 30.8 Å². The summed E-state index contributed by atoms with van der Waals surface area (Å²) < 4.78 is 0. The third kappa shape index (κ3) is 8.34. The van der Waals surface area contributed by atoms with Crippen LogP contribution in [0.15, 0.2) is 0 Å². The zero-order valence-corrected chi connectivity index (χ0v) is 10.0. The molecule has 0 aromatic rings. The molecule has 0 bridgehead atoms. The molecule has 0 saturated carbocycles. The summed E-state index contributed by atoms with van der Waals surface area (Å²) in [5.41, 5.74) is 0. The lowest BCUT2D eigenvalue weighted by molar-refractivity contribution is -0.172. The third-order valence-electron chi connectivity index (χ3n) is 1.83. The molecule has 0 aromatic carbocycles. The lowest BCUT2D eigenvalue weighted by atomic mass is 10.0. The zero-order valence-electron chi connectivity index (χ0n) is 10.0. The minimum absolute atomic E-state index is 0.153. The molecule has 0 heterocycles. The molecule has 0 radical (unpaired) electrons. The Kier molecular flexibility index (Phi) is 10.3. The molecule has 0 aromatic heterocycles. The van der Waals surface area contributed by atoms with Crippen LogP contribution >= 0.6 is 0 Å². The van der Waals surface area contributed by atoms with Crippen molar-refractivity contribution in [1.29, 1.82) is 0 Å². The first-order chi connectivity index (χ1) is 9.06. The fourth-order valence-electron chi connectivity index (χ4n) is 0.761.